The van der Waals surface area contributed by atoms with Gasteiger partial charge in [0.2, 0.25) is 0 Å². The van der Waals surface area contributed by atoms with Crippen LogP contribution in [0.15, 0.2) is 12.1 Å². The Labute approximate surface area is 121 Å². The predicted molar refractivity (Wildman–Crippen MR) is 77.5 cm³/mol. The van der Waals surface area contributed by atoms with E-state index in [0.29, 0.717) is 6.54 Å². The highest BCUT2D eigenvalue weighted by molar-refractivity contribution is 7.99. The van der Waals surface area contributed by atoms with Crippen LogP contribution >= 0.6 is 11.8 Å². The smallest absolute Gasteiger partial charge is 0.319 e. The second-order valence-corrected chi connectivity index (χ2v) is 6.26. The number of benzene rings is 1. The largest absolute Gasteiger partial charge is 0.491 e. The van der Waals surface area contributed by atoms with Gasteiger partial charge in [-0.25, -0.2) is 13.6 Å². The summed E-state index contributed by atoms with van der Waals surface area (Å²) in [5, 5.41) is 5.02. The van der Waals surface area contributed by atoms with Crippen LogP contribution in [0.3, 0.4) is 0 Å². The zero-order chi connectivity index (χ0) is 15.3. The molecule has 0 aliphatic heterocycles. The van der Waals surface area contributed by atoms with Crippen LogP contribution in [0.4, 0.5) is 19.3 Å². The van der Waals surface area contributed by atoms with E-state index in [4.69, 9.17) is 0 Å². The Kier molecular flexibility index (Phi) is 5.62. The average Bonchev–Trinajstić information content (AvgIpc) is 2.36. The van der Waals surface area contributed by atoms with E-state index in [-0.39, 0.29) is 10.4 Å². The minimum atomic E-state index is -0.868. The maximum absolute atomic E-state index is 13.5. The number of amides is 2. The van der Waals surface area contributed by atoms with Crippen molar-refractivity contribution in [2.45, 2.75) is 18.6 Å². The van der Waals surface area contributed by atoms with Crippen LogP contribution in [0.5, 0.6) is 5.75 Å². The van der Waals surface area contributed by atoms with Gasteiger partial charge in [0.25, 0.3) is 0 Å². The number of carbonyl (C=O) groups is 1. The summed E-state index contributed by atoms with van der Waals surface area (Å²) in [6, 6.07) is 1.48. The fourth-order valence-corrected chi connectivity index (χ4v) is 1.58. The summed E-state index contributed by atoms with van der Waals surface area (Å²) in [6.45, 7) is 4.39. The first-order chi connectivity index (χ1) is 9.29. The topological polar surface area (TPSA) is 50.4 Å². The first kappa shape index (κ1) is 16.6. The number of ether oxygens (including phenoxy) is 1. The maximum Gasteiger partial charge on any atom is 0.319 e. The molecule has 7 heteroatoms. The summed E-state index contributed by atoms with van der Waals surface area (Å²) >= 11 is 1.61. The van der Waals surface area contributed by atoms with E-state index in [0.717, 1.165) is 12.1 Å². The monoisotopic (exact) mass is 304 g/mol. The van der Waals surface area contributed by atoms with Crippen molar-refractivity contribution in [3.8, 4) is 5.75 Å². The normalized spacial score (nSPS) is 11.1. The number of rotatable bonds is 5. The lowest BCUT2D eigenvalue weighted by Gasteiger charge is -2.22. The summed E-state index contributed by atoms with van der Waals surface area (Å²) in [5.41, 5.74) is 0.0280. The van der Waals surface area contributed by atoms with E-state index in [1.165, 1.54) is 7.11 Å². The lowest BCUT2D eigenvalue weighted by atomic mass is 10.2. The van der Waals surface area contributed by atoms with Crippen LogP contribution in [-0.4, -0.2) is 30.7 Å². The number of urea groups is 1. The van der Waals surface area contributed by atoms with Gasteiger partial charge in [0.1, 0.15) is 0 Å². The second kappa shape index (κ2) is 6.78. The van der Waals surface area contributed by atoms with E-state index < -0.39 is 23.4 Å². The molecule has 0 radical (unpaired) electrons. The first-order valence-electron chi connectivity index (χ1n) is 5.92. The molecule has 1 aromatic carbocycles. The number of methoxy groups -OCH3 is 1. The van der Waals surface area contributed by atoms with Crippen molar-refractivity contribution < 1.29 is 18.3 Å². The van der Waals surface area contributed by atoms with Crippen molar-refractivity contribution in [2.75, 3.05) is 25.2 Å². The van der Waals surface area contributed by atoms with Crippen molar-refractivity contribution in [3.05, 3.63) is 23.8 Å². The Morgan fingerprint density at radius 1 is 1.35 bits per heavy atom. The Balaban J connectivity index is 2.67. The summed E-state index contributed by atoms with van der Waals surface area (Å²) < 4.78 is 31.3. The SMILES string of the molecule is COc1c(F)cc(NC(=O)NCC(C)(C)SC)cc1F. The molecular formula is C13H18F2N2O2S. The molecular weight excluding hydrogens is 286 g/mol. The Morgan fingerprint density at radius 3 is 2.35 bits per heavy atom. The Bertz CT molecular complexity index is 472. The van der Waals surface area contributed by atoms with Gasteiger partial charge in [0.15, 0.2) is 17.4 Å². The highest BCUT2D eigenvalue weighted by Crippen LogP contribution is 2.25. The molecule has 1 rings (SSSR count). The van der Waals surface area contributed by atoms with Crippen molar-refractivity contribution in [2.24, 2.45) is 0 Å². The highest BCUT2D eigenvalue weighted by Gasteiger charge is 2.17. The third kappa shape index (κ3) is 4.56. The predicted octanol–water partition coefficient (Wildman–Crippen LogP) is 3.24. The fourth-order valence-electron chi connectivity index (χ4n) is 1.37. The molecule has 0 aliphatic carbocycles. The van der Waals surface area contributed by atoms with Crippen LogP contribution in [0.2, 0.25) is 0 Å². The molecule has 0 bridgehead atoms. The highest BCUT2D eigenvalue weighted by atomic mass is 32.2. The molecule has 0 heterocycles. The molecule has 0 atom stereocenters. The lowest BCUT2D eigenvalue weighted by Crippen LogP contribution is -2.38. The van der Waals surface area contributed by atoms with Crippen LogP contribution in [-0.2, 0) is 0 Å². The summed E-state index contributed by atoms with van der Waals surface area (Å²) in [7, 11) is 1.17. The van der Waals surface area contributed by atoms with Gasteiger partial charge in [-0.1, -0.05) is 0 Å². The third-order valence-corrected chi connectivity index (χ3v) is 3.94. The van der Waals surface area contributed by atoms with Gasteiger partial charge in [-0.05, 0) is 20.1 Å². The number of hydrogen-bond acceptors (Lipinski definition) is 3. The number of hydrogen-bond donors (Lipinski definition) is 2. The number of anilines is 1. The Hall–Kier alpha value is -1.50. The van der Waals surface area contributed by atoms with Gasteiger partial charge >= 0.3 is 6.03 Å². The maximum atomic E-state index is 13.5. The lowest BCUT2D eigenvalue weighted by molar-refractivity contribution is 0.251. The van der Waals surface area contributed by atoms with Gasteiger partial charge in [-0.2, -0.15) is 11.8 Å². The van der Waals surface area contributed by atoms with Crippen molar-refractivity contribution in [3.63, 3.8) is 0 Å². The van der Waals surface area contributed by atoms with Crippen molar-refractivity contribution >= 4 is 23.5 Å². The summed E-state index contributed by atoms with van der Waals surface area (Å²) in [6.07, 6.45) is 1.94. The number of nitrogens with one attached hydrogen (secondary N) is 2. The minimum absolute atomic E-state index is 0.0280. The molecule has 0 spiro atoms. The molecule has 112 valence electrons. The van der Waals surface area contributed by atoms with Crippen molar-refractivity contribution in [1.29, 1.82) is 0 Å². The van der Waals surface area contributed by atoms with Gasteiger partial charge in [0, 0.05) is 29.1 Å². The van der Waals surface area contributed by atoms with E-state index in [1.807, 2.05) is 20.1 Å². The molecule has 0 aromatic heterocycles. The quantitative estimate of drug-likeness (QED) is 0.878. The number of carbonyl (C=O) groups excluding carboxylic acids is 1. The van der Waals surface area contributed by atoms with E-state index >= 15 is 0 Å². The van der Waals surface area contributed by atoms with Crippen LogP contribution in [0.25, 0.3) is 0 Å². The molecule has 2 amide bonds. The molecule has 0 fully saturated rings. The number of halogens is 2. The molecule has 0 saturated carbocycles. The van der Waals surface area contributed by atoms with Gasteiger partial charge in [-0.3, -0.25) is 0 Å². The van der Waals surface area contributed by atoms with E-state index in [9.17, 15) is 13.6 Å². The molecule has 0 saturated heterocycles. The summed E-state index contributed by atoms with van der Waals surface area (Å²) in [4.78, 5) is 11.6. The van der Waals surface area contributed by atoms with Crippen LogP contribution < -0.4 is 15.4 Å². The minimum Gasteiger partial charge on any atom is -0.491 e. The molecule has 0 unspecified atom stereocenters. The molecule has 2 N–H and O–H groups in total. The van der Waals surface area contributed by atoms with Crippen LogP contribution in [0.1, 0.15) is 13.8 Å². The Morgan fingerprint density at radius 2 is 1.90 bits per heavy atom. The van der Waals surface area contributed by atoms with Gasteiger partial charge in [0.05, 0.1) is 7.11 Å². The zero-order valence-electron chi connectivity index (χ0n) is 11.8. The molecule has 4 nitrogen and oxygen atoms in total. The molecule has 1 aromatic rings. The van der Waals surface area contributed by atoms with Gasteiger partial charge in [-0.15, -0.1) is 0 Å². The van der Waals surface area contributed by atoms with E-state index in [2.05, 4.69) is 15.4 Å². The summed E-state index contributed by atoms with van der Waals surface area (Å²) in [5.74, 6) is -2.21. The molecule has 20 heavy (non-hydrogen) atoms. The molecule has 0 aliphatic rings. The van der Waals surface area contributed by atoms with E-state index in [1.54, 1.807) is 11.8 Å². The van der Waals surface area contributed by atoms with Crippen molar-refractivity contribution in [1.82, 2.24) is 5.32 Å². The zero-order valence-corrected chi connectivity index (χ0v) is 12.7. The first-order valence-corrected chi connectivity index (χ1v) is 7.14. The number of thioether (sulfide) groups is 1. The second-order valence-electron chi connectivity index (χ2n) is 4.74. The van der Waals surface area contributed by atoms with Gasteiger partial charge < -0.3 is 15.4 Å². The van der Waals surface area contributed by atoms with Crippen LogP contribution in [0, 0.1) is 11.6 Å². The standard InChI is InChI=1S/C13H18F2N2O2S/c1-13(2,20-4)7-16-12(18)17-8-5-9(14)11(19-3)10(15)6-8/h5-6H,7H2,1-4H3,(H2,16,17,18). The third-order valence-electron chi connectivity index (χ3n) is 2.69. The average molecular weight is 304 g/mol. The fraction of sp³-hybridized carbons (Fsp3) is 0.462.